The number of ether oxygens (including phenoxy) is 6. The second-order valence-corrected chi connectivity index (χ2v) is 24.3. The molecule has 0 aromatic rings. The summed E-state index contributed by atoms with van der Waals surface area (Å²) in [5.41, 5.74) is 0. The lowest BCUT2D eigenvalue weighted by Crippen LogP contribution is -2.66. The highest BCUT2D eigenvalue weighted by molar-refractivity contribution is 5.76. The third-order valence-electron chi connectivity index (χ3n) is 17.0. The smallest absolute Gasteiger partial charge is 0.220 e. The van der Waals surface area contributed by atoms with Crippen molar-refractivity contribution in [3.8, 4) is 0 Å². The molecular formula is C65H121NO18. The van der Waals surface area contributed by atoms with Gasteiger partial charge in [-0.3, -0.25) is 4.79 Å². The summed E-state index contributed by atoms with van der Waals surface area (Å²) in [5.74, 6) is -0.282. The second kappa shape index (κ2) is 48.2. The van der Waals surface area contributed by atoms with Gasteiger partial charge in [0.2, 0.25) is 5.91 Å². The number of aliphatic hydroxyl groups excluding tert-OH is 11. The lowest BCUT2D eigenvalue weighted by Gasteiger charge is -2.48. The van der Waals surface area contributed by atoms with Crippen LogP contribution in [0.25, 0.3) is 0 Å². The van der Waals surface area contributed by atoms with Crippen molar-refractivity contribution in [2.45, 2.75) is 356 Å². The summed E-state index contributed by atoms with van der Waals surface area (Å²) in [7, 11) is 0. The van der Waals surface area contributed by atoms with Crippen LogP contribution in [0.3, 0.4) is 0 Å². The fraction of sp³-hybridized carbons (Fsp3) is 0.923. The quantitative estimate of drug-likeness (QED) is 0.0204. The van der Waals surface area contributed by atoms with Crippen LogP contribution in [0.1, 0.15) is 251 Å². The minimum absolute atomic E-state index is 0.240. The van der Waals surface area contributed by atoms with E-state index in [9.17, 15) is 61.0 Å². The van der Waals surface area contributed by atoms with Gasteiger partial charge in [0.25, 0.3) is 0 Å². The maximum Gasteiger partial charge on any atom is 0.220 e. The van der Waals surface area contributed by atoms with E-state index in [2.05, 4.69) is 31.3 Å². The Kier molecular flexibility index (Phi) is 43.9. The van der Waals surface area contributed by atoms with Gasteiger partial charge in [-0.05, 0) is 32.1 Å². The Bertz CT molecular complexity index is 1630. The number of nitrogens with one attached hydrogen (secondary N) is 1. The van der Waals surface area contributed by atoms with E-state index in [4.69, 9.17) is 28.4 Å². The standard InChI is InChI=1S/C65H121NO18/c1-3-5-7-9-11-13-15-17-18-19-20-21-22-23-24-25-26-27-28-29-30-31-33-35-37-39-41-43-53(71)66-48(49(70)42-40-38-36-34-32-16-14-12-10-8-6-4-2)47-79-63-59(77)56(74)61(51(45-68)81-63)84-65-60(78)57(75)62(52(46-69)82-65)83-64-58(76)55(73)54(72)50(44-67)80-64/h32,34,40,42,48-52,54-65,67-70,72-78H,3-31,33,35-39,41,43-47H2,1-2H3,(H,66,71)/b34-32+,42-40+. The molecule has 3 heterocycles. The topological polar surface area (TPSA) is 307 Å². The number of hydrogen-bond acceptors (Lipinski definition) is 18. The van der Waals surface area contributed by atoms with E-state index >= 15 is 0 Å². The first-order valence-corrected chi connectivity index (χ1v) is 33.6. The molecule has 0 aromatic heterocycles. The lowest BCUT2D eigenvalue weighted by molar-refractivity contribution is -0.379. The summed E-state index contributed by atoms with van der Waals surface area (Å²) < 4.78 is 34.3. The molecule has 19 nitrogen and oxygen atoms in total. The molecule has 0 bridgehead atoms. The molecule has 0 saturated carbocycles. The van der Waals surface area contributed by atoms with Crippen molar-refractivity contribution in [3.63, 3.8) is 0 Å². The molecule has 3 saturated heterocycles. The third kappa shape index (κ3) is 30.7. The SMILES string of the molecule is CCCCCCCC/C=C/CC/C=C/C(O)C(COC1OC(CO)C(OC2OC(CO)C(OC3OC(CO)C(O)C(O)C3O)C(O)C2O)C(O)C1O)NC(=O)CCCCCCCCCCCCCCCCCCCCCCCCCCCCC. The number of carbonyl (C=O) groups is 1. The molecule has 0 radical (unpaired) electrons. The van der Waals surface area contributed by atoms with Crippen molar-refractivity contribution >= 4 is 5.91 Å². The van der Waals surface area contributed by atoms with E-state index in [1.165, 1.54) is 180 Å². The van der Waals surface area contributed by atoms with Crippen molar-refractivity contribution in [2.75, 3.05) is 26.4 Å². The minimum atomic E-state index is -1.98. The molecule has 84 heavy (non-hydrogen) atoms. The largest absolute Gasteiger partial charge is 0.394 e. The van der Waals surface area contributed by atoms with Gasteiger partial charge in [0, 0.05) is 6.42 Å². The lowest BCUT2D eigenvalue weighted by atomic mass is 9.96. The molecule has 17 atom stereocenters. The number of hydrogen-bond donors (Lipinski definition) is 12. The van der Waals surface area contributed by atoms with Gasteiger partial charge in [-0.2, -0.15) is 0 Å². The Morgan fingerprint density at radius 1 is 0.417 bits per heavy atom. The molecular weight excluding hydrogens is 1080 g/mol. The normalized spacial score (nSPS) is 29.3. The number of allylic oxidation sites excluding steroid dienone is 3. The van der Waals surface area contributed by atoms with Crippen molar-refractivity contribution in [3.05, 3.63) is 24.3 Å². The van der Waals surface area contributed by atoms with Crippen LogP contribution in [0.5, 0.6) is 0 Å². The van der Waals surface area contributed by atoms with Crippen LogP contribution >= 0.6 is 0 Å². The molecule has 1 amide bonds. The first-order chi connectivity index (χ1) is 40.8. The van der Waals surface area contributed by atoms with Gasteiger partial charge in [0.1, 0.15) is 73.2 Å². The van der Waals surface area contributed by atoms with Crippen LogP contribution < -0.4 is 5.32 Å². The molecule has 3 aliphatic heterocycles. The monoisotopic (exact) mass is 1200 g/mol. The van der Waals surface area contributed by atoms with Gasteiger partial charge in [0.15, 0.2) is 18.9 Å². The first-order valence-electron chi connectivity index (χ1n) is 33.6. The summed E-state index contributed by atoms with van der Waals surface area (Å²) in [6, 6.07) is -0.985. The van der Waals surface area contributed by atoms with Crippen LogP contribution in [-0.2, 0) is 33.2 Å². The first kappa shape index (κ1) is 76.5. The molecule has 0 aliphatic carbocycles. The fourth-order valence-electron chi connectivity index (χ4n) is 11.5. The Morgan fingerprint density at radius 3 is 1.19 bits per heavy atom. The Labute approximate surface area is 505 Å². The highest BCUT2D eigenvalue weighted by Crippen LogP contribution is 2.33. The molecule has 3 aliphatic rings. The van der Waals surface area contributed by atoms with Crippen molar-refractivity contribution < 1.29 is 89.4 Å². The zero-order valence-corrected chi connectivity index (χ0v) is 51.9. The maximum absolute atomic E-state index is 13.4. The third-order valence-corrected chi connectivity index (χ3v) is 17.0. The van der Waals surface area contributed by atoms with Crippen LogP contribution in [0.15, 0.2) is 24.3 Å². The van der Waals surface area contributed by atoms with Crippen LogP contribution in [0, 0.1) is 0 Å². The van der Waals surface area contributed by atoms with E-state index < -0.39 is 124 Å². The zero-order chi connectivity index (χ0) is 61.2. The van der Waals surface area contributed by atoms with Crippen molar-refractivity contribution in [1.82, 2.24) is 5.32 Å². The summed E-state index contributed by atoms with van der Waals surface area (Å²) in [6.07, 6.45) is 26.1. The van der Waals surface area contributed by atoms with Crippen LogP contribution in [0.4, 0.5) is 0 Å². The number of amides is 1. The summed E-state index contributed by atoms with van der Waals surface area (Å²) >= 11 is 0. The molecule has 17 unspecified atom stereocenters. The highest BCUT2D eigenvalue weighted by Gasteiger charge is 2.53. The molecule has 494 valence electrons. The molecule has 0 spiro atoms. The molecule has 3 rings (SSSR count). The Morgan fingerprint density at radius 2 is 0.762 bits per heavy atom. The predicted molar refractivity (Wildman–Crippen MR) is 323 cm³/mol. The summed E-state index contributed by atoms with van der Waals surface area (Å²) in [4.78, 5) is 13.4. The van der Waals surface area contributed by atoms with Gasteiger partial charge < -0.3 is 89.9 Å². The number of aliphatic hydroxyl groups is 11. The van der Waals surface area contributed by atoms with Crippen molar-refractivity contribution in [2.24, 2.45) is 0 Å². The molecule has 0 aromatic carbocycles. The number of unbranched alkanes of at least 4 members (excludes halogenated alkanes) is 33. The van der Waals surface area contributed by atoms with E-state index in [-0.39, 0.29) is 18.9 Å². The summed E-state index contributed by atoms with van der Waals surface area (Å²) in [6.45, 7) is 1.71. The molecule has 12 N–H and O–H groups in total. The Hall–Kier alpha value is -1.73. The number of carbonyl (C=O) groups excluding carboxylic acids is 1. The fourth-order valence-corrected chi connectivity index (χ4v) is 11.5. The highest BCUT2D eigenvalue weighted by atomic mass is 16.8. The average Bonchev–Trinajstić information content (AvgIpc) is 2.85. The summed E-state index contributed by atoms with van der Waals surface area (Å²) in [5, 5.41) is 120. The minimum Gasteiger partial charge on any atom is -0.394 e. The van der Waals surface area contributed by atoms with Crippen LogP contribution in [0.2, 0.25) is 0 Å². The average molecular weight is 1200 g/mol. The molecule has 3 fully saturated rings. The maximum atomic E-state index is 13.4. The van der Waals surface area contributed by atoms with Gasteiger partial charge in [-0.25, -0.2) is 0 Å². The van der Waals surface area contributed by atoms with E-state index in [0.717, 1.165) is 38.5 Å². The van der Waals surface area contributed by atoms with Crippen molar-refractivity contribution in [1.29, 1.82) is 0 Å². The Balaban J connectivity index is 1.40. The van der Waals surface area contributed by atoms with Gasteiger partial charge >= 0.3 is 0 Å². The van der Waals surface area contributed by atoms with Gasteiger partial charge in [-0.1, -0.05) is 237 Å². The van der Waals surface area contributed by atoms with E-state index in [1.807, 2.05) is 6.08 Å². The predicted octanol–water partition coefficient (Wildman–Crippen LogP) is 7.88. The van der Waals surface area contributed by atoms with Crippen LogP contribution in [-0.4, -0.2) is 193 Å². The van der Waals surface area contributed by atoms with Gasteiger partial charge in [0.05, 0.1) is 38.6 Å². The van der Waals surface area contributed by atoms with E-state index in [0.29, 0.717) is 12.8 Å². The molecule has 19 heteroatoms. The number of rotatable bonds is 51. The second-order valence-electron chi connectivity index (χ2n) is 24.3. The van der Waals surface area contributed by atoms with E-state index in [1.54, 1.807) is 6.08 Å². The van der Waals surface area contributed by atoms with Gasteiger partial charge in [-0.15, -0.1) is 0 Å². The zero-order valence-electron chi connectivity index (χ0n) is 51.9.